The Hall–Kier alpha value is -6.02. The van der Waals surface area contributed by atoms with Gasteiger partial charge in [0.05, 0.1) is 38.5 Å². The largest absolute Gasteiger partial charge is 0.489 e. The van der Waals surface area contributed by atoms with Crippen molar-refractivity contribution in [3.05, 3.63) is 99.5 Å². The number of carbonyl (C=O) groups is 1. The maximum atomic E-state index is 15.1. The average molecular weight is 1020 g/mol. The van der Waals surface area contributed by atoms with E-state index >= 15 is 4.39 Å². The molecule has 3 aromatic carbocycles. The number of aliphatic hydroxyl groups is 1. The number of hydrogen-bond donors (Lipinski definition) is 4. The van der Waals surface area contributed by atoms with E-state index in [9.17, 15) is 28.4 Å². The summed E-state index contributed by atoms with van der Waals surface area (Å²) < 4.78 is 69.4. The molecule has 4 fully saturated rings. The summed E-state index contributed by atoms with van der Waals surface area (Å²) in [6.45, 7) is 11.9. The number of hydrogen-bond acceptors (Lipinski definition) is 14. The molecular weight excluding hydrogens is 958 g/mol. The summed E-state index contributed by atoms with van der Waals surface area (Å²) in [5.41, 5.74) is 2.60. The van der Waals surface area contributed by atoms with Crippen LogP contribution in [0.3, 0.4) is 0 Å². The molecule has 1 spiro atoms. The standard InChI is InChI=1S/C54H66FN7O10S/c1-32(2)37-9-6-7-10-38(37)39-11-8-12-44(39)61-30-54(31-61)19-21-60(22-20-54)35-13-14-40(46(23-35)72-48-26-41-42(55)27-56-50(41)58-52(48)71-28-33(3)69-5)51(63)59-73(67,68)36-24-45(62(65)66)49-47(25-36)70-29-43(57-49)34-15-17-53(4,64)18-16-34/h6-7,9-10,13-14,23-27,32-34,39,43-44,57,64H,8,11-12,15-22,28-31H2,1-5H3,(H,56,58)(H,59,63)/t33-,34-,39+,43+,44?,53-/m0/s1. The molecule has 17 nitrogen and oxygen atoms in total. The predicted octanol–water partition coefficient (Wildman–Crippen LogP) is 9.41. The van der Waals surface area contributed by atoms with Crippen molar-refractivity contribution in [2.24, 2.45) is 11.3 Å². The Kier molecular flexibility index (Phi) is 13.8. The highest BCUT2D eigenvalue weighted by Gasteiger charge is 2.49. The molecule has 2 aliphatic carbocycles. The summed E-state index contributed by atoms with van der Waals surface area (Å²) in [7, 11) is -3.25. The third-order valence-corrected chi connectivity index (χ3v) is 17.6. The number of aromatic nitrogens is 2. The van der Waals surface area contributed by atoms with Crippen LogP contribution in [0.15, 0.2) is 71.8 Å². The summed E-state index contributed by atoms with van der Waals surface area (Å²) in [5, 5.41) is 26.3. The second kappa shape index (κ2) is 20.0. The summed E-state index contributed by atoms with van der Waals surface area (Å²) in [6, 6.07) is 17.5. The minimum atomic E-state index is -4.78. The van der Waals surface area contributed by atoms with Crippen molar-refractivity contribution < 1.29 is 46.6 Å². The molecule has 5 heterocycles. The number of carbonyl (C=O) groups excluding carboxylic acids is 1. The fraction of sp³-hybridized carbons (Fsp3) is 0.519. The molecule has 4 atom stereocenters. The fourth-order valence-corrected chi connectivity index (χ4v) is 12.9. The number of amides is 1. The van der Waals surface area contributed by atoms with Crippen molar-refractivity contribution in [3.63, 3.8) is 0 Å². The van der Waals surface area contributed by atoms with Gasteiger partial charge in [0.25, 0.3) is 27.5 Å². The fourth-order valence-electron chi connectivity index (χ4n) is 11.9. The van der Waals surface area contributed by atoms with Gasteiger partial charge in [0.2, 0.25) is 0 Å². The molecule has 5 aliphatic rings. The Labute approximate surface area is 425 Å². The number of piperidine rings is 1. The third kappa shape index (κ3) is 10.3. The number of anilines is 2. The van der Waals surface area contributed by atoms with E-state index in [1.807, 2.05) is 0 Å². The summed E-state index contributed by atoms with van der Waals surface area (Å²) in [5.74, 6) is -0.777. The van der Waals surface area contributed by atoms with Crippen molar-refractivity contribution in [1.29, 1.82) is 0 Å². The van der Waals surface area contributed by atoms with Crippen LogP contribution in [0.25, 0.3) is 11.0 Å². The molecule has 0 radical (unpaired) electrons. The van der Waals surface area contributed by atoms with Gasteiger partial charge in [-0.2, -0.15) is 4.98 Å². The van der Waals surface area contributed by atoms with E-state index in [2.05, 4.69) is 67.9 Å². The van der Waals surface area contributed by atoms with E-state index in [0.29, 0.717) is 43.6 Å². The van der Waals surface area contributed by atoms with Gasteiger partial charge in [-0.3, -0.25) is 19.8 Å². The number of ether oxygens (including phenoxy) is 4. The van der Waals surface area contributed by atoms with Crippen molar-refractivity contribution in [2.75, 3.05) is 56.7 Å². The van der Waals surface area contributed by atoms with Crippen LogP contribution in [0.2, 0.25) is 0 Å². The molecule has 2 aromatic heterocycles. The SMILES string of the molecule is CO[C@@H](C)COc1nc2[nH]cc(F)c2cc1Oc1cc(N2CCC3(CC2)CN(C2CCC[C@@H]2c2ccccc2C(C)C)C3)ccc1C(=O)NS(=O)(=O)c1cc2c(c([N+](=O)[O-])c1)N[C@@H]([C@H]1CC[C@](C)(O)CC1)CO2. The quantitative estimate of drug-likeness (QED) is 0.0569. The molecule has 5 aromatic rings. The number of rotatable bonds is 15. The van der Waals surface area contributed by atoms with Crippen LogP contribution in [-0.2, 0) is 14.8 Å². The summed E-state index contributed by atoms with van der Waals surface area (Å²) in [4.78, 5) is 37.8. The first-order valence-electron chi connectivity index (χ1n) is 25.6. The summed E-state index contributed by atoms with van der Waals surface area (Å²) >= 11 is 0. The highest BCUT2D eigenvalue weighted by molar-refractivity contribution is 7.90. The lowest BCUT2D eigenvalue weighted by Gasteiger charge is -2.57. The molecule has 1 unspecified atom stereocenters. The number of nitrogens with zero attached hydrogens (tertiary/aromatic N) is 4. The number of sulfonamides is 1. The van der Waals surface area contributed by atoms with Crippen LogP contribution in [-0.4, -0.2) is 110 Å². The minimum absolute atomic E-state index is 0.0261. The lowest BCUT2D eigenvalue weighted by molar-refractivity contribution is -0.384. The second-order valence-corrected chi connectivity index (χ2v) is 23.3. The summed E-state index contributed by atoms with van der Waals surface area (Å²) in [6.07, 6.45) is 8.87. The number of halogens is 1. The highest BCUT2D eigenvalue weighted by Crippen LogP contribution is 2.50. The van der Waals surface area contributed by atoms with E-state index in [-0.39, 0.29) is 82.1 Å². The zero-order valence-corrected chi connectivity index (χ0v) is 42.9. The van der Waals surface area contributed by atoms with Crippen LogP contribution in [0, 0.1) is 27.3 Å². The molecule has 10 rings (SSSR count). The molecule has 390 valence electrons. The van der Waals surface area contributed by atoms with Gasteiger partial charge in [0, 0.05) is 75.5 Å². The maximum absolute atomic E-state index is 15.1. The molecule has 4 N–H and O–H groups in total. The van der Waals surface area contributed by atoms with Crippen LogP contribution < -0.4 is 29.1 Å². The number of likely N-dealkylation sites (tertiary alicyclic amines) is 1. The van der Waals surface area contributed by atoms with Crippen LogP contribution in [0.1, 0.15) is 119 Å². The van der Waals surface area contributed by atoms with Crippen molar-refractivity contribution in [2.45, 2.75) is 126 Å². The van der Waals surface area contributed by atoms with Gasteiger partial charge in [0.15, 0.2) is 17.2 Å². The number of nitrogens with one attached hydrogen (secondary N) is 3. The average Bonchev–Trinajstić information content (AvgIpc) is 4.00. The second-order valence-electron chi connectivity index (χ2n) is 21.6. The topological polar surface area (TPSA) is 211 Å². The van der Waals surface area contributed by atoms with E-state index in [0.717, 1.165) is 63.0 Å². The maximum Gasteiger partial charge on any atom is 0.297 e. The lowest BCUT2D eigenvalue weighted by Crippen LogP contribution is -2.63. The molecule has 19 heteroatoms. The first-order chi connectivity index (χ1) is 34.9. The van der Waals surface area contributed by atoms with Gasteiger partial charge < -0.3 is 39.3 Å². The Morgan fingerprint density at radius 3 is 2.51 bits per heavy atom. The number of aromatic amines is 1. The number of nitro groups is 1. The van der Waals surface area contributed by atoms with E-state index in [4.69, 9.17) is 18.9 Å². The van der Waals surface area contributed by atoms with Gasteiger partial charge in [-0.1, -0.05) is 44.5 Å². The molecule has 73 heavy (non-hydrogen) atoms. The van der Waals surface area contributed by atoms with Gasteiger partial charge >= 0.3 is 0 Å². The lowest BCUT2D eigenvalue weighted by atomic mass is 9.70. The number of fused-ring (bicyclic) bond motifs is 2. The van der Waals surface area contributed by atoms with Crippen molar-refractivity contribution >= 4 is 44.0 Å². The molecule has 1 amide bonds. The molecular formula is C54H66FN7O10S. The van der Waals surface area contributed by atoms with Crippen LogP contribution in [0.5, 0.6) is 23.1 Å². The number of nitro benzene ring substituents is 1. The third-order valence-electron chi connectivity index (χ3n) is 16.3. The first-order valence-corrected chi connectivity index (χ1v) is 27.1. The van der Waals surface area contributed by atoms with Crippen LogP contribution in [0.4, 0.5) is 21.5 Å². The monoisotopic (exact) mass is 1020 g/mol. The smallest absolute Gasteiger partial charge is 0.297 e. The number of benzene rings is 3. The Morgan fingerprint density at radius 2 is 1.78 bits per heavy atom. The van der Waals surface area contributed by atoms with Crippen molar-refractivity contribution in [3.8, 4) is 23.1 Å². The predicted molar refractivity (Wildman–Crippen MR) is 274 cm³/mol. The molecule has 3 aliphatic heterocycles. The highest BCUT2D eigenvalue weighted by atomic mass is 32.2. The number of methoxy groups -OCH3 is 1. The number of H-pyrrole nitrogens is 1. The van der Waals surface area contributed by atoms with E-state index < -0.39 is 42.9 Å². The normalized spacial score (nSPS) is 24.4. The van der Waals surface area contributed by atoms with Gasteiger partial charge in [-0.25, -0.2) is 17.5 Å². The molecule has 0 bridgehead atoms. The number of pyridine rings is 1. The molecule has 2 saturated carbocycles. The Bertz CT molecular complexity index is 2990. The van der Waals surface area contributed by atoms with Crippen molar-refractivity contribution in [1.82, 2.24) is 19.6 Å². The van der Waals surface area contributed by atoms with Gasteiger partial charge in [-0.05, 0) is 112 Å². The first kappa shape index (κ1) is 50.5. The van der Waals surface area contributed by atoms with E-state index in [1.165, 1.54) is 49.6 Å². The van der Waals surface area contributed by atoms with Gasteiger partial charge in [0.1, 0.15) is 30.4 Å². The van der Waals surface area contributed by atoms with Crippen LogP contribution >= 0.6 is 0 Å². The minimum Gasteiger partial charge on any atom is -0.489 e. The zero-order chi connectivity index (χ0) is 51.4. The zero-order valence-electron chi connectivity index (χ0n) is 42.1. The Morgan fingerprint density at radius 1 is 1.03 bits per heavy atom. The van der Waals surface area contributed by atoms with Gasteiger partial charge in [-0.15, -0.1) is 0 Å². The molecule has 2 saturated heterocycles. The Balaban J connectivity index is 0.904. The van der Waals surface area contributed by atoms with E-state index in [1.54, 1.807) is 26.0 Å².